The van der Waals surface area contributed by atoms with Crippen LogP contribution in [-0.4, -0.2) is 43.1 Å². The van der Waals surface area contributed by atoms with Gasteiger partial charge in [-0.3, -0.25) is 4.79 Å². The van der Waals surface area contributed by atoms with E-state index in [1.807, 2.05) is 14.1 Å². The maximum absolute atomic E-state index is 11.7. The van der Waals surface area contributed by atoms with Crippen molar-refractivity contribution in [1.82, 2.24) is 15.3 Å². The summed E-state index contributed by atoms with van der Waals surface area (Å²) in [5.41, 5.74) is 11.0. The van der Waals surface area contributed by atoms with Crippen molar-refractivity contribution in [3.05, 3.63) is 10.8 Å². The molecule has 0 bridgehead atoms. The fourth-order valence-corrected chi connectivity index (χ4v) is 1.25. The van der Waals surface area contributed by atoms with Gasteiger partial charge in [0, 0.05) is 0 Å². The highest BCUT2D eigenvalue weighted by atomic mass is 79.9. The molecule has 1 heterocycles. The second kappa shape index (κ2) is 7.34. The van der Waals surface area contributed by atoms with E-state index in [-0.39, 0.29) is 39.5 Å². The maximum Gasteiger partial charge on any atom is 0.273 e. The number of anilines is 2. The zero-order valence-corrected chi connectivity index (χ0v) is 12.5. The van der Waals surface area contributed by atoms with E-state index in [9.17, 15) is 4.79 Å². The summed E-state index contributed by atoms with van der Waals surface area (Å²) in [4.78, 5) is 20.5. The first-order valence-electron chi connectivity index (χ1n) is 5.07. The van der Waals surface area contributed by atoms with Gasteiger partial charge in [0.1, 0.15) is 0 Å². The Labute approximate surface area is 121 Å². The molecule has 102 valence electrons. The van der Waals surface area contributed by atoms with Crippen molar-refractivity contribution in [3.63, 3.8) is 0 Å². The summed E-state index contributed by atoms with van der Waals surface area (Å²) in [6.07, 6.45) is 0. The normalized spacial score (nSPS) is 10.0. The van der Waals surface area contributed by atoms with E-state index < -0.39 is 5.91 Å². The van der Waals surface area contributed by atoms with E-state index in [4.69, 9.17) is 23.1 Å². The third-order valence-corrected chi connectivity index (χ3v) is 2.31. The SMILES string of the molecule is C[NH+](C)CCNC(=O)c1nc(Cl)c(N)nc1N.[Br-]. The molecule has 0 saturated heterocycles. The standard InChI is InChI=1S/C9H15ClN6O.BrH/c1-16(2)4-3-13-9(17)5-7(11)15-8(12)6(10)14-5;/h3-4H2,1-2H3,(H,13,17)(H4,11,12,15);1H. The Morgan fingerprint density at radius 2 is 1.94 bits per heavy atom. The minimum absolute atomic E-state index is 0. The molecule has 0 spiro atoms. The predicted octanol–water partition coefficient (Wildman–Crippen LogP) is -4.83. The van der Waals surface area contributed by atoms with Crippen LogP contribution in [0, 0.1) is 0 Å². The zero-order chi connectivity index (χ0) is 13.0. The highest BCUT2D eigenvalue weighted by Gasteiger charge is 2.15. The van der Waals surface area contributed by atoms with Crippen LogP contribution in [0.4, 0.5) is 11.6 Å². The number of carbonyl (C=O) groups excluding carboxylic acids is 1. The molecule has 7 nitrogen and oxygen atoms in total. The Kier molecular flexibility index (Phi) is 6.89. The minimum Gasteiger partial charge on any atom is -1.00 e. The van der Waals surface area contributed by atoms with Crippen LogP contribution in [0.25, 0.3) is 0 Å². The predicted molar refractivity (Wildman–Crippen MR) is 65.9 cm³/mol. The number of halogens is 2. The van der Waals surface area contributed by atoms with Crippen LogP contribution in [0.2, 0.25) is 5.15 Å². The van der Waals surface area contributed by atoms with E-state index in [0.29, 0.717) is 6.54 Å². The second-order valence-electron chi connectivity index (χ2n) is 3.85. The van der Waals surface area contributed by atoms with Crippen molar-refractivity contribution in [2.45, 2.75) is 0 Å². The number of rotatable bonds is 4. The molecule has 18 heavy (non-hydrogen) atoms. The summed E-state index contributed by atoms with van der Waals surface area (Å²) in [7, 11) is 3.97. The van der Waals surface area contributed by atoms with Gasteiger partial charge < -0.3 is 38.7 Å². The number of hydrogen-bond acceptors (Lipinski definition) is 5. The van der Waals surface area contributed by atoms with Crippen molar-refractivity contribution in [3.8, 4) is 0 Å². The van der Waals surface area contributed by atoms with E-state index in [2.05, 4.69) is 15.3 Å². The van der Waals surface area contributed by atoms with Gasteiger partial charge in [-0.2, -0.15) is 0 Å². The molecule has 0 aromatic carbocycles. The van der Waals surface area contributed by atoms with Gasteiger partial charge >= 0.3 is 0 Å². The average Bonchev–Trinajstić information content (AvgIpc) is 2.22. The van der Waals surface area contributed by atoms with E-state index >= 15 is 0 Å². The first kappa shape index (κ1) is 16.9. The topological polar surface area (TPSA) is 111 Å². The largest absolute Gasteiger partial charge is 1.00 e. The van der Waals surface area contributed by atoms with Gasteiger partial charge in [-0.05, 0) is 0 Å². The average molecular weight is 340 g/mol. The van der Waals surface area contributed by atoms with Crippen LogP contribution >= 0.6 is 11.6 Å². The van der Waals surface area contributed by atoms with Gasteiger partial charge in [0.15, 0.2) is 22.5 Å². The van der Waals surface area contributed by atoms with Gasteiger partial charge in [-0.25, -0.2) is 9.97 Å². The molecule has 0 aliphatic rings. The number of nitrogens with one attached hydrogen (secondary N) is 2. The molecule has 0 saturated carbocycles. The number of likely N-dealkylation sites (N-methyl/N-ethyl adjacent to an activating group) is 1. The quantitative estimate of drug-likeness (QED) is 0.440. The number of amides is 1. The van der Waals surface area contributed by atoms with Crippen LogP contribution in [0.1, 0.15) is 10.5 Å². The van der Waals surface area contributed by atoms with Crippen molar-refractivity contribution in [1.29, 1.82) is 0 Å². The second-order valence-corrected chi connectivity index (χ2v) is 4.20. The number of hydrogen-bond donors (Lipinski definition) is 4. The summed E-state index contributed by atoms with van der Waals surface area (Å²) in [5, 5.41) is 2.65. The Balaban J connectivity index is 0.00000289. The summed E-state index contributed by atoms with van der Waals surface area (Å²) in [5.74, 6) is -0.418. The fourth-order valence-electron chi connectivity index (χ4n) is 1.12. The number of aromatic nitrogens is 2. The summed E-state index contributed by atoms with van der Waals surface area (Å²) < 4.78 is 0. The third kappa shape index (κ3) is 4.63. The molecule has 6 N–H and O–H groups in total. The molecular formula is C9H16BrClN6O. The van der Waals surface area contributed by atoms with Crippen molar-refractivity contribution in [2.75, 3.05) is 38.7 Å². The molecule has 1 aromatic rings. The number of nitrogens with two attached hydrogens (primary N) is 2. The Hall–Kier alpha value is -1.12. The van der Waals surface area contributed by atoms with Crippen LogP contribution in [0.3, 0.4) is 0 Å². The number of carbonyl (C=O) groups is 1. The first-order chi connectivity index (χ1) is 7.91. The monoisotopic (exact) mass is 338 g/mol. The zero-order valence-electron chi connectivity index (χ0n) is 10.1. The molecule has 0 aliphatic heterocycles. The Morgan fingerprint density at radius 1 is 1.33 bits per heavy atom. The highest BCUT2D eigenvalue weighted by molar-refractivity contribution is 6.31. The van der Waals surface area contributed by atoms with Crippen LogP contribution < -0.4 is 38.7 Å². The van der Waals surface area contributed by atoms with Crippen molar-refractivity contribution >= 4 is 29.1 Å². The number of quaternary nitrogens is 1. The molecule has 0 aliphatic carbocycles. The van der Waals surface area contributed by atoms with Gasteiger partial charge in [0.25, 0.3) is 5.91 Å². The Bertz CT molecular complexity index is 428. The lowest BCUT2D eigenvalue weighted by Gasteiger charge is -2.09. The first-order valence-corrected chi connectivity index (χ1v) is 5.45. The van der Waals surface area contributed by atoms with Crippen LogP contribution in [0.5, 0.6) is 0 Å². The smallest absolute Gasteiger partial charge is 0.273 e. The Morgan fingerprint density at radius 3 is 2.50 bits per heavy atom. The molecule has 1 amide bonds. The fraction of sp³-hybridized carbons (Fsp3) is 0.444. The summed E-state index contributed by atoms with van der Waals surface area (Å²) in [6, 6.07) is 0. The highest BCUT2D eigenvalue weighted by Crippen LogP contribution is 2.16. The molecule has 0 radical (unpaired) electrons. The van der Waals surface area contributed by atoms with Crippen LogP contribution in [-0.2, 0) is 0 Å². The van der Waals surface area contributed by atoms with E-state index in [1.54, 1.807) is 0 Å². The van der Waals surface area contributed by atoms with Crippen molar-refractivity contribution in [2.24, 2.45) is 0 Å². The molecule has 0 fully saturated rings. The molecule has 9 heteroatoms. The molecule has 1 rings (SSSR count). The van der Waals surface area contributed by atoms with Gasteiger partial charge in [0.05, 0.1) is 27.2 Å². The van der Waals surface area contributed by atoms with E-state index in [1.165, 1.54) is 4.90 Å². The number of nitrogen functional groups attached to an aromatic ring is 2. The lowest BCUT2D eigenvalue weighted by atomic mass is 10.3. The minimum atomic E-state index is -0.404. The van der Waals surface area contributed by atoms with Crippen LogP contribution in [0.15, 0.2) is 0 Å². The molecule has 0 unspecified atom stereocenters. The molecule has 1 aromatic heterocycles. The summed E-state index contributed by atoms with van der Waals surface area (Å²) in [6.45, 7) is 1.31. The van der Waals surface area contributed by atoms with Crippen molar-refractivity contribution < 1.29 is 26.7 Å². The van der Waals surface area contributed by atoms with E-state index in [0.717, 1.165) is 6.54 Å². The maximum atomic E-state index is 11.7. The molecular weight excluding hydrogens is 323 g/mol. The van der Waals surface area contributed by atoms with Gasteiger partial charge in [0.2, 0.25) is 0 Å². The van der Waals surface area contributed by atoms with Gasteiger partial charge in [-0.1, -0.05) is 11.6 Å². The third-order valence-electron chi connectivity index (χ3n) is 2.03. The lowest BCUT2D eigenvalue weighted by molar-refractivity contribution is -0.856. The molecule has 0 atom stereocenters. The van der Waals surface area contributed by atoms with Gasteiger partial charge in [-0.15, -0.1) is 0 Å². The summed E-state index contributed by atoms with van der Waals surface area (Å²) >= 11 is 5.68. The lowest BCUT2D eigenvalue weighted by Crippen LogP contribution is -3.06. The number of nitrogens with zero attached hydrogens (tertiary/aromatic N) is 2.